The van der Waals surface area contributed by atoms with Gasteiger partial charge in [-0.2, -0.15) is 0 Å². The molecule has 4 aromatic rings. The number of fused-ring (bicyclic) bond motifs is 1. The van der Waals surface area contributed by atoms with Crippen LogP contribution in [0.2, 0.25) is 0 Å². The molecule has 0 radical (unpaired) electrons. The van der Waals surface area contributed by atoms with Crippen LogP contribution in [0.25, 0.3) is 21.3 Å². The van der Waals surface area contributed by atoms with Gasteiger partial charge in [0.1, 0.15) is 11.6 Å². The third-order valence-electron chi connectivity index (χ3n) is 6.10. The molecule has 0 saturated carbocycles. The molecule has 34 heavy (non-hydrogen) atoms. The number of hydrogen-bond acceptors (Lipinski definition) is 9. The van der Waals surface area contributed by atoms with Crippen molar-refractivity contribution in [3.05, 3.63) is 60.3 Å². The molecule has 174 valence electrons. The van der Waals surface area contributed by atoms with E-state index in [9.17, 15) is 4.79 Å². The van der Waals surface area contributed by atoms with Crippen LogP contribution < -0.4 is 9.80 Å². The topological polar surface area (TPSA) is 78.4 Å². The van der Waals surface area contributed by atoms with Crippen molar-refractivity contribution in [1.82, 2.24) is 24.8 Å². The lowest BCUT2D eigenvalue weighted by Crippen LogP contribution is -2.57. The van der Waals surface area contributed by atoms with Gasteiger partial charge in [0.15, 0.2) is 10.9 Å². The highest BCUT2D eigenvalue weighted by Gasteiger charge is 2.29. The molecule has 0 aliphatic carbocycles. The van der Waals surface area contributed by atoms with Gasteiger partial charge in [-0.25, -0.2) is 19.9 Å². The van der Waals surface area contributed by atoms with E-state index in [4.69, 9.17) is 4.98 Å². The SMILES string of the molecule is CN(C)c1ncc(-c2ccc3cnc(CC(=O)c4ccnc(N5CC(N(C)C)C5)c4)nc3c2)s1. The van der Waals surface area contributed by atoms with Crippen LogP contribution in [0, 0.1) is 0 Å². The first kappa shape index (κ1) is 22.4. The van der Waals surface area contributed by atoms with Crippen LogP contribution in [0.4, 0.5) is 10.9 Å². The van der Waals surface area contributed by atoms with Gasteiger partial charge in [0.25, 0.3) is 0 Å². The van der Waals surface area contributed by atoms with Crippen LogP contribution in [0.3, 0.4) is 0 Å². The van der Waals surface area contributed by atoms with Crippen molar-refractivity contribution in [3.8, 4) is 10.4 Å². The smallest absolute Gasteiger partial charge is 0.185 e. The van der Waals surface area contributed by atoms with Crippen molar-refractivity contribution in [2.45, 2.75) is 12.5 Å². The number of benzene rings is 1. The van der Waals surface area contributed by atoms with Crippen molar-refractivity contribution in [2.24, 2.45) is 0 Å². The van der Waals surface area contributed by atoms with E-state index in [2.05, 4.69) is 44.9 Å². The molecule has 4 heterocycles. The monoisotopic (exact) mass is 473 g/mol. The lowest BCUT2D eigenvalue weighted by molar-refractivity contribution is 0.0990. The first-order valence-electron chi connectivity index (χ1n) is 11.2. The lowest BCUT2D eigenvalue weighted by Gasteiger charge is -2.43. The fraction of sp³-hybridized carbons (Fsp3) is 0.320. The number of likely N-dealkylation sites (N-methyl/N-ethyl adjacent to an activating group) is 1. The number of thiazole rings is 1. The third kappa shape index (κ3) is 4.49. The predicted octanol–water partition coefficient (Wildman–Crippen LogP) is 3.39. The fourth-order valence-electron chi connectivity index (χ4n) is 3.88. The number of carbonyl (C=O) groups is 1. The van der Waals surface area contributed by atoms with Gasteiger partial charge in [0, 0.05) is 62.8 Å². The minimum atomic E-state index is -0.0121. The van der Waals surface area contributed by atoms with Crippen LogP contribution in [0.15, 0.2) is 48.9 Å². The predicted molar refractivity (Wildman–Crippen MR) is 137 cm³/mol. The number of carbonyl (C=O) groups excluding carboxylic acids is 1. The highest BCUT2D eigenvalue weighted by molar-refractivity contribution is 7.18. The Bertz CT molecular complexity index is 1340. The normalized spacial score (nSPS) is 14.0. The Hall–Kier alpha value is -3.43. The molecule has 0 bridgehead atoms. The molecule has 1 saturated heterocycles. The second-order valence-electron chi connectivity index (χ2n) is 8.99. The van der Waals surface area contributed by atoms with Gasteiger partial charge in [0.2, 0.25) is 0 Å². The van der Waals surface area contributed by atoms with Crippen LogP contribution in [-0.4, -0.2) is 77.9 Å². The van der Waals surface area contributed by atoms with E-state index >= 15 is 0 Å². The standard InChI is InChI=1S/C25H27N7OS/c1-30(2)19-14-32(15-19)24-10-16(7-8-26-24)21(33)11-23-27-12-18-6-5-17(9-20(18)29-23)22-13-28-25(34-22)31(3)4/h5-10,12-13,19H,11,14-15H2,1-4H3. The van der Waals surface area contributed by atoms with E-state index in [0.717, 1.165) is 45.4 Å². The quantitative estimate of drug-likeness (QED) is 0.378. The Kier molecular flexibility index (Phi) is 5.97. The van der Waals surface area contributed by atoms with Crippen molar-refractivity contribution < 1.29 is 4.79 Å². The Morgan fingerprint density at radius 2 is 1.88 bits per heavy atom. The molecule has 0 spiro atoms. The van der Waals surface area contributed by atoms with Gasteiger partial charge in [0.05, 0.1) is 16.8 Å². The van der Waals surface area contributed by atoms with Gasteiger partial charge in [-0.3, -0.25) is 4.79 Å². The van der Waals surface area contributed by atoms with Gasteiger partial charge < -0.3 is 14.7 Å². The van der Waals surface area contributed by atoms with E-state index in [1.807, 2.05) is 43.4 Å². The maximum atomic E-state index is 13.0. The van der Waals surface area contributed by atoms with Crippen LogP contribution in [-0.2, 0) is 6.42 Å². The van der Waals surface area contributed by atoms with Gasteiger partial charge >= 0.3 is 0 Å². The molecule has 1 aromatic carbocycles. The van der Waals surface area contributed by atoms with Crippen LogP contribution >= 0.6 is 11.3 Å². The molecule has 0 atom stereocenters. The minimum Gasteiger partial charge on any atom is -0.354 e. The van der Waals surface area contributed by atoms with Crippen molar-refractivity contribution in [3.63, 3.8) is 0 Å². The zero-order chi connectivity index (χ0) is 23.8. The van der Waals surface area contributed by atoms with Gasteiger partial charge in [-0.15, -0.1) is 0 Å². The first-order valence-corrected chi connectivity index (χ1v) is 12.0. The molecule has 1 aliphatic rings. The fourth-order valence-corrected chi connectivity index (χ4v) is 4.72. The number of anilines is 2. The number of nitrogens with zero attached hydrogens (tertiary/aromatic N) is 7. The van der Waals surface area contributed by atoms with E-state index in [0.29, 0.717) is 17.4 Å². The molecular weight excluding hydrogens is 446 g/mol. The highest BCUT2D eigenvalue weighted by Crippen LogP contribution is 2.31. The third-order valence-corrected chi connectivity index (χ3v) is 7.31. The summed E-state index contributed by atoms with van der Waals surface area (Å²) in [5, 5.41) is 1.90. The summed E-state index contributed by atoms with van der Waals surface area (Å²) >= 11 is 1.63. The Balaban J connectivity index is 1.33. The van der Waals surface area contributed by atoms with Crippen LogP contribution in [0.1, 0.15) is 16.2 Å². The number of hydrogen-bond donors (Lipinski definition) is 0. The second-order valence-corrected chi connectivity index (χ2v) is 10.00. The maximum absolute atomic E-state index is 13.0. The maximum Gasteiger partial charge on any atom is 0.185 e. The van der Waals surface area contributed by atoms with E-state index in [-0.39, 0.29) is 12.2 Å². The molecule has 9 heteroatoms. The second kappa shape index (κ2) is 9.08. The molecule has 1 aliphatic heterocycles. The average molecular weight is 474 g/mol. The Labute approximate surface area is 202 Å². The summed E-state index contributed by atoms with van der Waals surface area (Å²) in [6, 6.07) is 10.3. The summed E-state index contributed by atoms with van der Waals surface area (Å²) in [7, 11) is 8.13. The number of Topliss-reactive ketones (excluding diaryl/α,β-unsaturated/α-hetero) is 1. The molecule has 0 N–H and O–H groups in total. The minimum absolute atomic E-state index is 0.0121. The highest BCUT2D eigenvalue weighted by atomic mass is 32.1. The molecule has 3 aromatic heterocycles. The summed E-state index contributed by atoms with van der Waals surface area (Å²) in [4.78, 5) is 38.5. The van der Waals surface area contributed by atoms with E-state index in [1.165, 1.54) is 0 Å². The molecule has 5 rings (SSSR count). The zero-order valence-electron chi connectivity index (χ0n) is 19.8. The Morgan fingerprint density at radius 3 is 2.62 bits per heavy atom. The largest absolute Gasteiger partial charge is 0.354 e. The number of rotatable bonds is 7. The van der Waals surface area contributed by atoms with E-state index in [1.54, 1.807) is 29.8 Å². The summed E-state index contributed by atoms with van der Waals surface area (Å²) in [6.07, 6.45) is 5.52. The van der Waals surface area contributed by atoms with Gasteiger partial charge in [-0.05, 0) is 37.9 Å². The summed E-state index contributed by atoms with van der Waals surface area (Å²) in [6.45, 7) is 1.84. The summed E-state index contributed by atoms with van der Waals surface area (Å²) < 4.78 is 0. The molecule has 0 unspecified atom stereocenters. The van der Waals surface area contributed by atoms with E-state index < -0.39 is 0 Å². The number of aromatic nitrogens is 4. The van der Waals surface area contributed by atoms with Crippen molar-refractivity contribution >= 4 is 39.0 Å². The first-order chi connectivity index (χ1) is 16.4. The number of ketones is 1. The summed E-state index contributed by atoms with van der Waals surface area (Å²) in [5.41, 5.74) is 2.51. The molecule has 0 amide bonds. The van der Waals surface area contributed by atoms with Crippen LogP contribution in [0.5, 0.6) is 0 Å². The lowest BCUT2D eigenvalue weighted by atomic mass is 10.1. The molecule has 1 fully saturated rings. The molecular formula is C25H27N7OS. The Morgan fingerprint density at radius 1 is 1.06 bits per heavy atom. The van der Waals surface area contributed by atoms with Crippen molar-refractivity contribution in [2.75, 3.05) is 51.1 Å². The number of pyridine rings is 1. The van der Waals surface area contributed by atoms with Crippen molar-refractivity contribution in [1.29, 1.82) is 0 Å². The molecule has 8 nitrogen and oxygen atoms in total. The van der Waals surface area contributed by atoms with Gasteiger partial charge in [-0.1, -0.05) is 23.5 Å². The zero-order valence-corrected chi connectivity index (χ0v) is 20.6. The summed E-state index contributed by atoms with van der Waals surface area (Å²) in [5.74, 6) is 1.35. The average Bonchev–Trinajstić information content (AvgIpc) is 3.28.